The number of amides is 1. The highest BCUT2D eigenvalue weighted by Crippen LogP contribution is 2.10. The lowest BCUT2D eigenvalue weighted by Gasteiger charge is -2.19. The van der Waals surface area contributed by atoms with Crippen LogP contribution in [0.3, 0.4) is 0 Å². The van der Waals surface area contributed by atoms with Gasteiger partial charge in [0.05, 0.1) is 12.9 Å². The fourth-order valence-corrected chi connectivity index (χ4v) is 2.74. The fourth-order valence-electron chi connectivity index (χ4n) is 1.91. The predicted octanol–water partition coefficient (Wildman–Crippen LogP) is 1.49. The number of anilines is 1. The third-order valence-corrected chi connectivity index (χ3v) is 4.55. The third-order valence-electron chi connectivity index (χ3n) is 3.25. The molecular weight excluding hydrogens is 304 g/mol. The number of sulfonamides is 1. The summed E-state index contributed by atoms with van der Waals surface area (Å²) < 4.78 is 29.4. The summed E-state index contributed by atoms with van der Waals surface area (Å²) in [6.07, 6.45) is 2.17. The minimum Gasteiger partial charge on any atom is -0.383 e. The lowest BCUT2D eigenvalue weighted by Crippen LogP contribution is -2.35. The second-order valence-corrected chi connectivity index (χ2v) is 6.99. The normalized spacial score (nSPS) is 11.6. The Balaban J connectivity index is 2.52. The summed E-state index contributed by atoms with van der Waals surface area (Å²) in [5.74, 6) is -0.213. The smallest absolute Gasteiger partial charge is 0.225 e. The second-order valence-electron chi connectivity index (χ2n) is 5.00. The molecule has 0 bridgehead atoms. The number of carbonyl (C=O) groups is 1. The monoisotopic (exact) mass is 328 g/mol. The Bertz CT molecular complexity index is 570. The van der Waals surface area contributed by atoms with E-state index in [2.05, 4.69) is 12.2 Å². The Kier molecular flexibility index (Phi) is 7.50. The molecule has 0 aromatic heterocycles. The summed E-state index contributed by atoms with van der Waals surface area (Å²) in [4.78, 5) is 11.9. The van der Waals surface area contributed by atoms with Gasteiger partial charge in [-0.3, -0.25) is 4.79 Å². The predicted molar refractivity (Wildman–Crippen MR) is 87.4 cm³/mol. The van der Waals surface area contributed by atoms with Gasteiger partial charge in [-0.2, -0.15) is 4.31 Å². The van der Waals surface area contributed by atoms with Crippen molar-refractivity contribution < 1.29 is 17.9 Å². The van der Waals surface area contributed by atoms with Crippen LogP contribution in [0.4, 0.5) is 5.69 Å². The van der Waals surface area contributed by atoms with Crippen LogP contribution < -0.4 is 5.32 Å². The maximum atomic E-state index is 11.9. The quantitative estimate of drug-likeness (QED) is 0.745. The van der Waals surface area contributed by atoms with Crippen molar-refractivity contribution in [2.24, 2.45) is 0 Å². The summed E-state index contributed by atoms with van der Waals surface area (Å²) >= 11 is 0. The molecule has 0 unspecified atom stereocenters. The molecule has 0 aliphatic heterocycles. The number of nitrogens with zero attached hydrogens (tertiary/aromatic N) is 1. The summed E-state index contributed by atoms with van der Waals surface area (Å²) in [5, 5.41) is 2.76. The van der Waals surface area contributed by atoms with Gasteiger partial charge in [0.25, 0.3) is 0 Å². The molecule has 1 rings (SSSR count). The van der Waals surface area contributed by atoms with Gasteiger partial charge in [-0.25, -0.2) is 8.42 Å². The van der Waals surface area contributed by atoms with Gasteiger partial charge in [0.15, 0.2) is 0 Å². The van der Waals surface area contributed by atoms with Crippen molar-refractivity contribution in [1.82, 2.24) is 4.31 Å². The molecule has 0 saturated heterocycles. The van der Waals surface area contributed by atoms with Crippen LogP contribution in [0.5, 0.6) is 0 Å². The molecule has 22 heavy (non-hydrogen) atoms. The zero-order valence-corrected chi connectivity index (χ0v) is 14.1. The standard InChI is InChI=1S/C15H24N2O4S/c1-4-13-5-7-14(8-6-13)16-15(18)9-10-17(11-12-21-2)22(3,19)20/h5-8H,4,9-12H2,1-3H3,(H,16,18). The van der Waals surface area contributed by atoms with Crippen LogP contribution in [0.1, 0.15) is 18.9 Å². The van der Waals surface area contributed by atoms with Gasteiger partial charge in [-0.05, 0) is 24.1 Å². The number of hydrogen-bond acceptors (Lipinski definition) is 4. The molecule has 1 amide bonds. The lowest BCUT2D eigenvalue weighted by atomic mass is 10.1. The Morgan fingerprint density at radius 1 is 1.23 bits per heavy atom. The summed E-state index contributed by atoms with van der Waals surface area (Å²) in [6.45, 7) is 2.75. The molecule has 0 saturated carbocycles. The number of rotatable bonds is 9. The number of carbonyl (C=O) groups excluding carboxylic acids is 1. The number of nitrogens with one attached hydrogen (secondary N) is 1. The molecule has 124 valence electrons. The van der Waals surface area contributed by atoms with E-state index >= 15 is 0 Å². The SMILES string of the molecule is CCc1ccc(NC(=O)CCN(CCOC)S(C)(=O)=O)cc1. The molecule has 6 nitrogen and oxygen atoms in total. The molecule has 0 atom stereocenters. The number of methoxy groups -OCH3 is 1. The molecule has 1 N–H and O–H groups in total. The molecule has 0 aliphatic carbocycles. The maximum Gasteiger partial charge on any atom is 0.225 e. The molecule has 0 fully saturated rings. The summed E-state index contributed by atoms with van der Waals surface area (Å²) in [5.41, 5.74) is 1.91. The maximum absolute atomic E-state index is 11.9. The van der Waals surface area contributed by atoms with Gasteiger partial charge >= 0.3 is 0 Å². The number of ether oxygens (including phenoxy) is 1. The van der Waals surface area contributed by atoms with Gasteiger partial charge < -0.3 is 10.1 Å². The fraction of sp³-hybridized carbons (Fsp3) is 0.533. The van der Waals surface area contributed by atoms with Crippen molar-refractivity contribution in [2.75, 3.05) is 38.4 Å². The molecule has 7 heteroatoms. The summed E-state index contributed by atoms with van der Waals surface area (Å²) in [6, 6.07) is 7.60. The van der Waals surface area contributed by atoms with Gasteiger partial charge in [-0.15, -0.1) is 0 Å². The number of aryl methyl sites for hydroxylation is 1. The first-order chi connectivity index (χ1) is 10.4. The van der Waals surface area contributed by atoms with Crippen LogP contribution in [0, 0.1) is 0 Å². The number of benzene rings is 1. The van der Waals surface area contributed by atoms with Crippen molar-refractivity contribution >= 4 is 21.6 Å². The van der Waals surface area contributed by atoms with Crippen molar-refractivity contribution in [3.63, 3.8) is 0 Å². The van der Waals surface area contributed by atoms with Crippen LogP contribution in [-0.4, -0.2) is 51.7 Å². The molecule has 1 aromatic carbocycles. The van der Waals surface area contributed by atoms with Gasteiger partial charge in [-0.1, -0.05) is 19.1 Å². The topological polar surface area (TPSA) is 75.7 Å². The van der Waals surface area contributed by atoms with E-state index in [0.717, 1.165) is 12.7 Å². The molecule has 0 heterocycles. The molecular formula is C15H24N2O4S. The van der Waals surface area contributed by atoms with E-state index < -0.39 is 10.0 Å². The van der Waals surface area contributed by atoms with E-state index in [0.29, 0.717) is 12.3 Å². The van der Waals surface area contributed by atoms with Gasteiger partial charge in [0.2, 0.25) is 15.9 Å². The highest BCUT2D eigenvalue weighted by atomic mass is 32.2. The molecule has 0 spiro atoms. The Hall–Kier alpha value is -1.44. The lowest BCUT2D eigenvalue weighted by molar-refractivity contribution is -0.116. The van der Waals surface area contributed by atoms with Crippen LogP contribution in [0.2, 0.25) is 0 Å². The first-order valence-corrected chi connectivity index (χ1v) is 9.04. The Morgan fingerprint density at radius 2 is 1.86 bits per heavy atom. The Labute approximate surface area is 132 Å². The number of hydrogen-bond donors (Lipinski definition) is 1. The first kappa shape index (κ1) is 18.6. The van der Waals surface area contributed by atoms with Crippen molar-refractivity contribution in [1.29, 1.82) is 0 Å². The highest BCUT2D eigenvalue weighted by molar-refractivity contribution is 7.88. The second kappa shape index (κ2) is 8.87. The minimum absolute atomic E-state index is 0.103. The molecule has 0 radical (unpaired) electrons. The Morgan fingerprint density at radius 3 is 2.36 bits per heavy atom. The zero-order valence-electron chi connectivity index (χ0n) is 13.3. The van der Waals surface area contributed by atoms with Crippen LogP contribution in [0.25, 0.3) is 0 Å². The zero-order chi connectivity index (χ0) is 16.6. The van der Waals surface area contributed by atoms with Crippen molar-refractivity contribution in [3.8, 4) is 0 Å². The average Bonchev–Trinajstić information content (AvgIpc) is 2.46. The van der Waals surface area contributed by atoms with E-state index in [9.17, 15) is 13.2 Å². The molecule has 1 aromatic rings. The van der Waals surface area contributed by atoms with E-state index in [1.165, 1.54) is 17.0 Å². The van der Waals surface area contributed by atoms with Gasteiger partial charge in [0, 0.05) is 32.3 Å². The third kappa shape index (κ3) is 6.55. The van der Waals surface area contributed by atoms with E-state index in [-0.39, 0.29) is 25.4 Å². The van der Waals surface area contributed by atoms with E-state index in [1.54, 1.807) is 0 Å². The summed E-state index contributed by atoms with van der Waals surface area (Å²) in [7, 11) is -1.83. The van der Waals surface area contributed by atoms with Crippen LogP contribution >= 0.6 is 0 Å². The highest BCUT2D eigenvalue weighted by Gasteiger charge is 2.17. The largest absolute Gasteiger partial charge is 0.383 e. The van der Waals surface area contributed by atoms with E-state index in [1.807, 2.05) is 24.3 Å². The van der Waals surface area contributed by atoms with Gasteiger partial charge in [0.1, 0.15) is 0 Å². The average molecular weight is 328 g/mol. The van der Waals surface area contributed by atoms with Crippen molar-refractivity contribution in [3.05, 3.63) is 29.8 Å². The first-order valence-electron chi connectivity index (χ1n) is 7.19. The molecule has 0 aliphatic rings. The minimum atomic E-state index is -3.34. The van der Waals surface area contributed by atoms with E-state index in [4.69, 9.17) is 4.74 Å². The van der Waals surface area contributed by atoms with Crippen molar-refractivity contribution in [2.45, 2.75) is 19.8 Å². The van der Waals surface area contributed by atoms with Crippen LogP contribution in [-0.2, 0) is 26.0 Å². The van der Waals surface area contributed by atoms with Crippen LogP contribution in [0.15, 0.2) is 24.3 Å².